The number of amides is 1. The summed E-state index contributed by atoms with van der Waals surface area (Å²) in [5.41, 5.74) is 1.29. The number of nitrogens with zero attached hydrogens (tertiary/aromatic N) is 2. The molecule has 1 saturated heterocycles. The number of rotatable bonds is 3. The smallest absolute Gasteiger partial charge is 0.326 e. The van der Waals surface area contributed by atoms with Gasteiger partial charge in [0.2, 0.25) is 5.91 Å². The van der Waals surface area contributed by atoms with Crippen LogP contribution in [-0.4, -0.2) is 55.9 Å². The molecule has 0 unspecified atom stereocenters. The van der Waals surface area contributed by atoms with Crippen LogP contribution in [0.15, 0.2) is 29.1 Å². The minimum atomic E-state index is -0.895. The van der Waals surface area contributed by atoms with Crippen molar-refractivity contribution in [2.75, 3.05) is 13.1 Å². The zero-order chi connectivity index (χ0) is 15.7. The summed E-state index contributed by atoms with van der Waals surface area (Å²) in [7, 11) is 0. The first kappa shape index (κ1) is 14.8. The third kappa shape index (κ3) is 2.77. The van der Waals surface area contributed by atoms with Crippen molar-refractivity contribution in [1.29, 1.82) is 0 Å². The summed E-state index contributed by atoms with van der Waals surface area (Å²) in [6.45, 7) is 0.861. The van der Waals surface area contributed by atoms with Crippen molar-refractivity contribution in [3.05, 3.63) is 34.7 Å². The molecule has 2 heterocycles. The molecule has 0 bridgehead atoms. The van der Waals surface area contributed by atoms with E-state index in [1.54, 1.807) is 4.57 Å². The largest absolute Gasteiger partial charge is 0.390 e. The van der Waals surface area contributed by atoms with E-state index in [-0.39, 0.29) is 31.1 Å². The summed E-state index contributed by atoms with van der Waals surface area (Å²) in [6.07, 6.45) is -1.10. The number of aromatic amines is 1. The number of para-hydroxylation sites is 2. The van der Waals surface area contributed by atoms with Crippen LogP contribution in [0, 0.1) is 0 Å². The van der Waals surface area contributed by atoms with Gasteiger partial charge in [-0.1, -0.05) is 12.1 Å². The molecule has 1 fully saturated rings. The maximum absolute atomic E-state index is 12.2. The average Bonchev–Trinajstić information content (AvgIpc) is 2.83. The van der Waals surface area contributed by atoms with Gasteiger partial charge in [-0.15, -0.1) is 0 Å². The normalized spacial score (nSPS) is 22.2. The molecule has 0 saturated carbocycles. The number of aliphatic hydroxyl groups excluding tert-OH is 2. The van der Waals surface area contributed by atoms with Crippen molar-refractivity contribution in [2.45, 2.75) is 31.6 Å². The zero-order valence-electron chi connectivity index (χ0n) is 12.1. The predicted octanol–water partition coefficient (Wildman–Crippen LogP) is -0.326. The number of nitrogens with one attached hydrogen (secondary N) is 1. The summed E-state index contributed by atoms with van der Waals surface area (Å²) < 4.78 is 1.54. The second-order valence-corrected chi connectivity index (χ2v) is 5.61. The number of benzene rings is 1. The van der Waals surface area contributed by atoms with Crippen LogP contribution in [-0.2, 0) is 11.3 Å². The van der Waals surface area contributed by atoms with E-state index in [1.165, 1.54) is 4.90 Å². The van der Waals surface area contributed by atoms with Crippen LogP contribution >= 0.6 is 0 Å². The molecule has 1 aromatic carbocycles. The number of β-amino-alcohol motifs (C(OH)–C–C–N with tert-alkyl or cyclic N) is 1. The molecule has 0 radical (unpaired) electrons. The minimum absolute atomic E-state index is 0.122. The number of hydrogen-bond donors (Lipinski definition) is 3. The Bertz CT molecular complexity index is 736. The standard InChI is InChI=1S/C15H19N3O4/c19-12-5-7-17(9-13(12)20)14(21)6-8-18-11-4-2-1-3-10(11)16-15(18)22/h1-4,12-13,19-20H,5-9H2,(H,16,22)/t12-,13-/m0/s1. The summed E-state index contributed by atoms with van der Waals surface area (Å²) in [5, 5.41) is 19.1. The summed E-state index contributed by atoms with van der Waals surface area (Å²) in [6, 6.07) is 7.33. The van der Waals surface area contributed by atoms with Crippen molar-refractivity contribution < 1.29 is 15.0 Å². The number of fused-ring (bicyclic) bond motifs is 1. The van der Waals surface area contributed by atoms with Crippen LogP contribution in [0.3, 0.4) is 0 Å². The Hall–Kier alpha value is -2.12. The van der Waals surface area contributed by atoms with Gasteiger partial charge in [0.25, 0.3) is 0 Å². The highest BCUT2D eigenvalue weighted by molar-refractivity contribution is 5.77. The van der Waals surface area contributed by atoms with Crippen molar-refractivity contribution in [3.63, 3.8) is 0 Å². The van der Waals surface area contributed by atoms with Gasteiger partial charge in [-0.25, -0.2) is 4.79 Å². The lowest BCUT2D eigenvalue weighted by atomic mass is 10.0. The summed E-state index contributed by atoms with van der Waals surface area (Å²) in [5.74, 6) is -0.122. The summed E-state index contributed by atoms with van der Waals surface area (Å²) in [4.78, 5) is 28.4. The Kier molecular flexibility index (Phi) is 4.00. The Labute approximate surface area is 126 Å². The van der Waals surface area contributed by atoms with E-state index in [0.29, 0.717) is 13.0 Å². The molecule has 1 amide bonds. The number of carbonyl (C=O) groups excluding carboxylic acids is 1. The monoisotopic (exact) mass is 305 g/mol. The van der Waals surface area contributed by atoms with Crippen molar-refractivity contribution in [3.8, 4) is 0 Å². The molecule has 0 aliphatic carbocycles. The maximum atomic E-state index is 12.2. The highest BCUT2D eigenvalue weighted by atomic mass is 16.3. The predicted molar refractivity (Wildman–Crippen MR) is 80.4 cm³/mol. The molecule has 7 nitrogen and oxygen atoms in total. The molecule has 3 rings (SSSR count). The molecule has 118 valence electrons. The Morgan fingerprint density at radius 2 is 2.05 bits per heavy atom. The molecule has 1 aliphatic heterocycles. The molecular formula is C15H19N3O4. The first-order valence-corrected chi connectivity index (χ1v) is 7.37. The number of piperidine rings is 1. The highest BCUT2D eigenvalue weighted by Crippen LogP contribution is 2.13. The van der Waals surface area contributed by atoms with E-state index in [1.807, 2.05) is 24.3 Å². The van der Waals surface area contributed by atoms with Crippen LogP contribution in [0.4, 0.5) is 0 Å². The second kappa shape index (κ2) is 5.94. The van der Waals surface area contributed by atoms with Gasteiger partial charge < -0.3 is 20.1 Å². The van der Waals surface area contributed by atoms with Gasteiger partial charge in [0.15, 0.2) is 0 Å². The van der Waals surface area contributed by atoms with Crippen LogP contribution < -0.4 is 5.69 Å². The average molecular weight is 305 g/mol. The Balaban J connectivity index is 1.68. The fraction of sp³-hybridized carbons (Fsp3) is 0.467. The Morgan fingerprint density at radius 3 is 2.82 bits per heavy atom. The number of hydrogen-bond acceptors (Lipinski definition) is 4. The lowest BCUT2D eigenvalue weighted by Gasteiger charge is -2.33. The quantitative estimate of drug-likeness (QED) is 0.723. The van der Waals surface area contributed by atoms with Crippen molar-refractivity contribution in [2.24, 2.45) is 0 Å². The fourth-order valence-corrected chi connectivity index (χ4v) is 2.84. The summed E-state index contributed by atoms with van der Waals surface area (Å²) >= 11 is 0. The number of H-pyrrole nitrogens is 1. The second-order valence-electron chi connectivity index (χ2n) is 5.61. The van der Waals surface area contributed by atoms with Crippen molar-refractivity contribution >= 4 is 16.9 Å². The molecule has 2 aromatic rings. The van der Waals surface area contributed by atoms with Gasteiger partial charge in [-0.3, -0.25) is 9.36 Å². The number of aryl methyl sites for hydroxylation is 1. The lowest BCUT2D eigenvalue weighted by molar-refractivity contribution is -0.137. The highest BCUT2D eigenvalue weighted by Gasteiger charge is 2.28. The minimum Gasteiger partial charge on any atom is -0.390 e. The van der Waals surface area contributed by atoms with E-state index < -0.39 is 12.2 Å². The molecule has 0 spiro atoms. The van der Waals surface area contributed by atoms with Crippen LogP contribution in [0.1, 0.15) is 12.8 Å². The maximum Gasteiger partial charge on any atom is 0.326 e. The SMILES string of the molecule is O=C(CCn1c(=O)[nH]c2ccccc21)N1CC[C@H](O)[C@@H](O)C1. The molecule has 3 N–H and O–H groups in total. The van der Waals surface area contributed by atoms with Gasteiger partial charge in [-0.2, -0.15) is 0 Å². The number of imidazole rings is 1. The van der Waals surface area contributed by atoms with Gasteiger partial charge >= 0.3 is 5.69 Å². The van der Waals surface area contributed by atoms with Crippen LogP contribution in [0.2, 0.25) is 0 Å². The third-order valence-corrected chi connectivity index (χ3v) is 4.13. The van der Waals surface area contributed by atoms with E-state index in [9.17, 15) is 19.8 Å². The van der Waals surface area contributed by atoms with Gasteiger partial charge in [0.1, 0.15) is 0 Å². The first-order valence-electron chi connectivity index (χ1n) is 7.37. The van der Waals surface area contributed by atoms with E-state index in [4.69, 9.17) is 0 Å². The molecule has 22 heavy (non-hydrogen) atoms. The number of carbonyl (C=O) groups is 1. The molecule has 7 heteroatoms. The third-order valence-electron chi connectivity index (χ3n) is 4.13. The van der Waals surface area contributed by atoms with E-state index in [2.05, 4.69) is 4.98 Å². The topological polar surface area (TPSA) is 98.6 Å². The first-order chi connectivity index (χ1) is 10.6. The van der Waals surface area contributed by atoms with Gasteiger partial charge in [0, 0.05) is 26.1 Å². The van der Waals surface area contributed by atoms with E-state index >= 15 is 0 Å². The number of likely N-dealkylation sites (tertiary alicyclic amines) is 1. The van der Waals surface area contributed by atoms with Gasteiger partial charge in [0.05, 0.1) is 23.2 Å². The number of aliphatic hydroxyl groups is 2. The lowest BCUT2D eigenvalue weighted by Crippen LogP contribution is -2.49. The Morgan fingerprint density at radius 1 is 1.27 bits per heavy atom. The van der Waals surface area contributed by atoms with Crippen LogP contribution in [0.25, 0.3) is 11.0 Å². The molecular weight excluding hydrogens is 286 g/mol. The van der Waals surface area contributed by atoms with Crippen molar-refractivity contribution in [1.82, 2.24) is 14.5 Å². The zero-order valence-corrected chi connectivity index (χ0v) is 12.1. The molecule has 2 atom stereocenters. The molecule has 1 aliphatic rings. The van der Waals surface area contributed by atoms with E-state index in [0.717, 1.165) is 11.0 Å². The number of aromatic nitrogens is 2. The fourth-order valence-electron chi connectivity index (χ4n) is 2.84. The van der Waals surface area contributed by atoms with Crippen LogP contribution in [0.5, 0.6) is 0 Å². The molecule has 1 aromatic heterocycles. The van der Waals surface area contributed by atoms with Gasteiger partial charge in [-0.05, 0) is 18.6 Å².